The highest BCUT2D eigenvalue weighted by molar-refractivity contribution is 6.32. The minimum absolute atomic E-state index is 0.0148. The minimum Gasteiger partial charge on any atom is -0.258 e. The summed E-state index contributed by atoms with van der Waals surface area (Å²) in [6.45, 7) is 0. The molecule has 0 atom stereocenters. The third-order valence-electron chi connectivity index (χ3n) is 4.55. The molecule has 1 radical (unpaired) electrons. The van der Waals surface area contributed by atoms with Crippen molar-refractivity contribution in [2.45, 2.75) is 0 Å². The predicted octanol–water partition coefficient (Wildman–Crippen LogP) is 5.45. The second-order valence-electron chi connectivity index (χ2n) is 5.77. The Morgan fingerprint density at radius 2 is 1.39 bits per heavy atom. The molecule has 0 bridgehead atoms. The topological polar surface area (TPSA) is 43.1 Å². The summed E-state index contributed by atoms with van der Waals surface area (Å²) in [4.78, 5) is 10.9. The molecule has 0 N–H and O–H groups in total. The van der Waals surface area contributed by atoms with E-state index in [1.165, 1.54) is 5.39 Å². The molecule has 0 aliphatic carbocycles. The molecular weight excluding hydrogens is 286 g/mol. The van der Waals surface area contributed by atoms with E-state index in [1.54, 1.807) is 6.07 Å². The molecule has 5 rings (SSSR count). The zero-order chi connectivity index (χ0) is 15.6. The highest BCUT2D eigenvalue weighted by Crippen LogP contribution is 2.41. The molecule has 107 valence electrons. The molecule has 0 aromatic heterocycles. The van der Waals surface area contributed by atoms with Crippen molar-refractivity contribution in [1.82, 2.24) is 0 Å². The molecule has 0 amide bonds. The first-order valence-corrected chi connectivity index (χ1v) is 7.40. The smallest absolute Gasteiger partial charge is 0.258 e. The maximum atomic E-state index is 11.3. The van der Waals surface area contributed by atoms with E-state index in [2.05, 4.69) is 36.4 Å². The standard InChI is InChI=1S/C20H10NO2/c22-21(23)14-10-13-6-3-8-16-15-7-1-4-12-5-2-9-17(19(12)15)18(11-14)20(13)16/h1-10H. The molecule has 5 aromatic rings. The fraction of sp³-hybridized carbons (Fsp3) is 0. The van der Waals surface area contributed by atoms with Crippen molar-refractivity contribution < 1.29 is 4.92 Å². The molecule has 0 aliphatic heterocycles. The third-order valence-corrected chi connectivity index (χ3v) is 4.55. The summed E-state index contributed by atoms with van der Waals surface area (Å²) in [6.07, 6.45) is 0. The lowest BCUT2D eigenvalue weighted by molar-refractivity contribution is -0.385. The van der Waals surface area contributed by atoms with Crippen molar-refractivity contribution in [2.75, 3.05) is 0 Å². The van der Waals surface area contributed by atoms with Crippen LogP contribution in [0, 0.1) is 16.2 Å². The van der Waals surface area contributed by atoms with Crippen LogP contribution in [0.4, 0.5) is 5.69 Å². The number of hydrogen-bond acceptors (Lipinski definition) is 2. The Labute approximate surface area is 131 Å². The molecule has 3 heteroatoms. The number of nitro groups is 1. The monoisotopic (exact) mass is 296 g/mol. The predicted molar refractivity (Wildman–Crippen MR) is 93.1 cm³/mol. The van der Waals surface area contributed by atoms with Crippen LogP contribution in [0.15, 0.2) is 60.7 Å². The van der Waals surface area contributed by atoms with Gasteiger partial charge in [0.05, 0.1) is 11.0 Å². The number of non-ortho nitro benzene ring substituents is 1. The number of benzene rings is 5. The maximum Gasteiger partial charge on any atom is 0.278 e. The summed E-state index contributed by atoms with van der Waals surface area (Å²) in [7, 11) is 0. The zero-order valence-electron chi connectivity index (χ0n) is 12.0. The third kappa shape index (κ3) is 1.53. The number of nitro benzene ring substituents is 1. The molecule has 3 nitrogen and oxygen atoms in total. The number of rotatable bonds is 1. The van der Waals surface area contributed by atoms with Crippen LogP contribution in [0.1, 0.15) is 0 Å². The van der Waals surface area contributed by atoms with Crippen LogP contribution < -0.4 is 0 Å². The van der Waals surface area contributed by atoms with Gasteiger partial charge in [0, 0.05) is 11.5 Å². The summed E-state index contributed by atoms with van der Waals surface area (Å²) in [5.74, 6) is 0. The van der Waals surface area contributed by atoms with Gasteiger partial charge in [-0.1, -0.05) is 54.6 Å². The number of fused-ring (bicyclic) bond motifs is 2. The highest BCUT2D eigenvalue weighted by atomic mass is 16.6. The Kier molecular flexibility index (Phi) is 2.24. The van der Waals surface area contributed by atoms with Crippen LogP contribution in [0.2, 0.25) is 0 Å². The SMILES string of the molecule is O=[N+]([O-])c1[c]c2c3cccc4cccc(c5cccc(c1)c25)c43. The van der Waals surface area contributed by atoms with Crippen molar-refractivity contribution in [3.8, 4) is 0 Å². The van der Waals surface area contributed by atoms with Crippen LogP contribution in [-0.2, 0) is 0 Å². The van der Waals surface area contributed by atoms with E-state index in [1.807, 2.05) is 24.3 Å². The van der Waals surface area contributed by atoms with Crippen LogP contribution in [0.3, 0.4) is 0 Å². The quantitative estimate of drug-likeness (QED) is 0.179. The van der Waals surface area contributed by atoms with Gasteiger partial charge in [0.1, 0.15) is 0 Å². The zero-order valence-corrected chi connectivity index (χ0v) is 12.0. The lowest BCUT2D eigenvalue weighted by atomic mass is 9.89. The second kappa shape index (κ2) is 4.17. The van der Waals surface area contributed by atoms with Gasteiger partial charge in [-0.15, -0.1) is 0 Å². The van der Waals surface area contributed by atoms with Gasteiger partial charge in [0.25, 0.3) is 5.69 Å². The van der Waals surface area contributed by atoms with Gasteiger partial charge in [0.15, 0.2) is 0 Å². The average molecular weight is 296 g/mol. The van der Waals surface area contributed by atoms with Gasteiger partial charge in [0.2, 0.25) is 0 Å². The molecule has 5 aromatic carbocycles. The van der Waals surface area contributed by atoms with Gasteiger partial charge in [-0.2, -0.15) is 0 Å². The summed E-state index contributed by atoms with van der Waals surface area (Å²) >= 11 is 0. The van der Waals surface area contributed by atoms with E-state index in [-0.39, 0.29) is 10.6 Å². The Bertz CT molecular complexity index is 1240. The number of nitrogens with zero attached hydrogens (tertiary/aromatic N) is 1. The Balaban J connectivity index is 2.21. The first-order valence-electron chi connectivity index (χ1n) is 7.40. The van der Waals surface area contributed by atoms with E-state index in [9.17, 15) is 10.1 Å². The van der Waals surface area contributed by atoms with Gasteiger partial charge in [-0.3, -0.25) is 10.1 Å². The van der Waals surface area contributed by atoms with E-state index < -0.39 is 0 Å². The van der Waals surface area contributed by atoms with Gasteiger partial charge < -0.3 is 0 Å². The largest absolute Gasteiger partial charge is 0.278 e. The van der Waals surface area contributed by atoms with Crippen molar-refractivity contribution in [3.63, 3.8) is 0 Å². The lowest BCUT2D eigenvalue weighted by Crippen LogP contribution is -1.91. The molecule has 0 saturated heterocycles. The summed E-state index contributed by atoms with van der Waals surface area (Å²) in [5.41, 5.74) is 0.0148. The van der Waals surface area contributed by atoms with E-state index in [4.69, 9.17) is 0 Å². The molecule has 23 heavy (non-hydrogen) atoms. The first kappa shape index (κ1) is 12.4. The molecule has 0 heterocycles. The van der Waals surface area contributed by atoms with Crippen molar-refractivity contribution in [3.05, 3.63) is 76.8 Å². The molecular formula is C20H10NO2. The maximum absolute atomic E-state index is 11.3. The normalized spacial score (nSPS) is 11.8. The Hall–Kier alpha value is -3.20. The molecule has 0 unspecified atom stereocenters. The summed E-state index contributed by atoms with van der Waals surface area (Å²) < 4.78 is 0. The van der Waals surface area contributed by atoms with Crippen molar-refractivity contribution >= 4 is 48.8 Å². The fourth-order valence-corrected chi connectivity index (χ4v) is 3.64. The lowest BCUT2D eigenvalue weighted by Gasteiger charge is -2.13. The van der Waals surface area contributed by atoms with Crippen molar-refractivity contribution in [1.29, 1.82) is 0 Å². The van der Waals surface area contributed by atoms with Crippen LogP contribution in [0.25, 0.3) is 43.1 Å². The summed E-state index contributed by atoms with van der Waals surface area (Å²) in [6, 6.07) is 22.9. The van der Waals surface area contributed by atoms with Crippen LogP contribution >= 0.6 is 0 Å². The van der Waals surface area contributed by atoms with Crippen LogP contribution in [0.5, 0.6) is 0 Å². The molecule has 0 saturated carbocycles. The molecule has 0 aliphatic rings. The van der Waals surface area contributed by atoms with E-state index >= 15 is 0 Å². The van der Waals surface area contributed by atoms with Gasteiger partial charge in [-0.05, 0) is 37.7 Å². The molecule has 0 fully saturated rings. The second-order valence-corrected chi connectivity index (χ2v) is 5.77. The Morgan fingerprint density at radius 1 is 0.783 bits per heavy atom. The highest BCUT2D eigenvalue weighted by Gasteiger charge is 2.16. The number of hydrogen-bond donors (Lipinski definition) is 0. The average Bonchev–Trinajstić information content (AvgIpc) is 2.58. The fourth-order valence-electron chi connectivity index (χ4n) is 3.64. The summed E-state index contributed by atoms with van der Waals surface area (Å²) in [5, 5.41) is 19.6. The van der Waals surface area contributed by atoms with Gasteiger partial charge >= 0.3 is 0 Å². The van der Waals surface area contributed by atoms with E-state index in [0.717, 1.165) is 37.7 Å². The van der Waals surface area contributed by atoms with E-state index in [0.29, 0.717) is 0 Å². The molecule has 0 spiro atoms. The Morgan fingerprint density at radius 3 is 2.09 bits per heavy atom. The minimum atomic E-state index is -0.372. The van der Waals surface area contributed by atoms with Gasteiger partial charge in [-0.25, -0.2) is 0 Å². The van der Waals surface area contributed by atoms with Crippen molar-refractivity contribution in [2.24, 2.45) is 0 Å². The first-order chi connectivity index (χ1) is 11.2. The van der Waals surface area contributed by atoms with Crippen LogP contribution in [-0.4, -0.2) is 4.92 Å².